The molecule has 1 saturated heterocycles. The quantitative estimate of drug-likeness (QED) is 0.660. The number of aryl methyl sites for hydroxylation is 2. The first-order valence-corrected chi connectivity index (χ1v) is 11.5. The van der Waals surface area contributed by atoms with E-state index < -0.39 is 28.5 Å². The Balaban J connectivity index is 1.67. The van der Waals surface area contributed by atoms with Crippen LogP contribution in [-0.2, 0) is 19.6 Å². The van der Waals surface area contributed by atoms with Gasteiger partial charge in [0.25, 0.3) is 5.91 Å². The predicted octanol–water partition coefficient (Wildman–Crippen LogP) is 2.98. The van der Waals surface area contributed by atoms with Gasteiger partial charge in [0, 0.05) is 18.8 Å². The Labute approximate surface area is 181 Å². The summed E-state index contributed by atoms with van der Waals surface area (Å²) in [7, 11) is -3.65. The van der Waals surface area contributed by atoms with Crippen LogP contribution in [0.15, 0.2) is 41.3 Å². The van der Waals surface area contributed by atoms with Gasteiger partial charge in [-0.1, -0.05) is 24.1 Å². The van der Waals surface area contributed by atoms with Crippen molar-refractivity contribution in [2.75, 3.05) is 25.0 Å². The average molecular weight is 447 g/mol. The highest BCUT2D eigenvalue weighted by Gasteiger charge is 2.27. The third-order valence-corrected chi connectivity index (χ3v) is 7.15. The molecule has 0 spiro atoms. The maximum absolute atomic E-state index is 13.0. The first-order valence-electron chi connectivity index (χ1n) is 10.1. The normalized spacial score (nSPS) is 14.8. The van der Waals surface area contributed by atoms with Gasteiger partial charge in [-0.25, -0.2) is 13.2 Å². The van der Waals surface area contributed by atoms with Crippen LogP contribution in [0.2, 0.25) is 0 Å². The summed E-state index contributed by atoms with van der Waals surface area (Å²) in [5, 5.41) is 12.3. The fourth-order valence-corrected chi connectivity index (χ4v) is 5.19. The van der Waals surface area contributed by atoms with E-state index in [1.165, 1.54) is 22.5 Å². The predicted molar refractivity (Wildman–Crippen MR) is 116 cm³/mol. The van der Waals surface area contributed by atoms with Gasteiger partial charge in [-0.15, -0.1) is 0 Å². The molecule has 1 aliphatic rings. The lowest BCUT2D eigenvalue weighted by atomic mass is 10.1. The van der Waals surface area contributed by atoms with E-state index in [1.807, 2.05) is 0 Å². The Hall–Kier alpha value is -2.91. The number of piperidine rings is 1. The largest absolute Gasteiger partial charge is 0.507 e. The molecule has 0 radical (unpaired) electrons. The summed E-state index contributed by atoms with van der Waals surface area (Å²) in [6.07, 6.45) is 2.67. The first kappa shape index (κ1) is 22.8. The van der Waals surface area contributed by atoms with Crippen LogP contribution in [0.25, 0.3) is 0 Å². The highest BCUT2D eigenvalue weighted by molar-refractivity contribution is 7.89. The van der Waals surface area contributed by atoms with Crippen LogP contribution in [0.5, 0.6) is 5.75 Å². The zero-order chi connectivity index (χ0) is 22.6. The number of sulfonamides is 1. The molecule has 166 valence electrons. The summed E-state index contributed by atoms with van der Waals surface area (Å²) in [5.74, 6) is -1.68. The van der Waals surface area contributed by atoms with E-state index in [9.17, 15) is 23.1 Å². The van der Waals surface area contributed by atoms with Crippen molar-refractivity contribution >= 4 is 27.6 Å². The molecule has 0 aromatic heterocycles. The third-order valence-electron chi connectivity index (χ3n) is 5.11. The number of rotatable bonds is 6. The second-order valence-corrected chi connectivity index (χ2v) is 9.50. The number of hydrogen-bond acceptors (Lipinski definition) is 6. The van der Waals surface area contributed by atoms with Crippen molar-refractivity contribution in [2.24, 2.45) is 0 Å². The Morgan fingerprint density at radius 1 is 1.06 bits per heavy atom. The molecule has 0 bridgehead atoms. The minimum atomic E-state index is -3.65. The zero-order valence-electron chi connectivity index (χ0n) is 17.6. The number of phenolic OH excluding ortho intramolecular Hbond substituents is 1. The molecule has 1 heterocycles. The van der Waals surface area contributed by atoms with Crippen LogP contribution in [0.3, 0.4) is 0 Å². The summed E-state index contributed by atoms with van der Waals surface area (Å²) in [5.41, 5.74) is 1.61. The molecule has 31 heavy (non-hydrogen) atoms. The smallest absolute Gasteiger partial charge is 0.342 e. The van der Waals surface area contributed by atoms with E-state index in [0.717, 1.165) is 24.8 Å². The number of phenols is 1. The third kappa shape index (κ3) is 5.42. The number of nitrogens with zero attached hydrogens (tertiary/aromatic N) is 1. The molecule has 2 aromatic carbocycles. The summed E-state index contributed by atoms with van der Waals surface area (Å²) < 4.78 is 32.4. The number of anilines is 1. The van der Waals surface area contributed by atoms with Crippen molar-refractivity contribution in [3.8, 4) is 5.75 Å². The van der Waals surface area contributed by atoms with Gasteiger partial charge in [0.2, 0.25) is 10.0 Å². The number of carbonyl (C=O) groups is 2. The molecule has 0 saturated carbocycles. The van der Waals surface area contributed by atoms with Gasteiger partial charge in [-0.3, -0.25) is 4.79 Å². The van der Waals surface area contributed by atoms with Crippen molar-refractivity contribution in [3.63, 3.8) is 0 Å². The van der Waals surface area contributed by atoms with Crippen LogP contribution >= 0.6 is 0 Å². The van der Waals surface area contributed by atoms with Crippen molar-refractivity contribution in [1.29, 1.82) is 0 Å². The van der Waals surface area contributed by atoms with Crippen LogP contribution in [0.1, 0.15) is 40.7 Å². The minimum absolute atomic E-state index is 0.0296. The van der Waals surface area contributed by atoms with Crippen LogP contribution in [-0.4, -0.2) is 49.4 Å². The topological polar surface area (TPSA) is 113 Å². The molecule has 0 aliphatic carbocycles. The van der Waals surface area contributed by atoms with Gasteiger partial charge >= 0.3 is 5.97 Å². The number of nitrogens with one attached hydrogen (secondary N) is 1. The summed E-state index contributed by atoms with van der Waals surface area (Å²) in [6.45, 7) is 3.86. The molecule has 0 atom stereocenters. The number of benzene rings is 2. The monoisotopic (exact) mass is 446 g/mol. The maximum Gasteiger partial charge on any atom is 0.342 e. The fourth-order valence-electron chi connectivity index (χ4n) is 3.42. The molecular weight excluding hydrogens is 420 g/mol. The number of hydrogen-bond donors (Lipinski definition) is 2. The number of ether oxygens (including phenoxy) is 1. The molecule has 2 aromatic rings. The Morgan fingerprint density at radius 3 is 2.48 bits per heavy atom. The number of amides is 1. The Morgan fingerprint density at radius 2 is 1.77 bits per heavy atom. The zero-order valence-corrected chi connectivity index (χ0v) is 18.4. The number of esters is 1. The molecule has 0 unspecified atom stereocenters. The van der Waals surface area contributed by atoms with E-state index in [2.05, 4.69) is 5.32 Å². The Bertz CT molecular complexity index is 1090. The summed E-state index contributed by atoms with van der Waals surface area (Å²) >= 11 is 0. The average Bonchev–Trinajstić information content (AvgIpc) is 2.75. The molecule has 1 amide bonds. The van der Waals surface area contributed by atoms with E-state index in [1.54, 1.807) is 32.0 Å². The molecule has 8 nitrogen and oxygen atoms in total. The van der Waals surface area contributed by atoms with Crippen molar-refractivity contribution in [2.45, 2.75) is 38.0 Å². The fraction of sp³-hybridized carbons (Fsp3) is 0.364. The maximum atomic E-state index is 13.0. The molecule has 3 rings (SSSR count). The molecule has 9 heteroatoms. The van der Waals surface area contributed by atoms with Crippen molar-refractivity contribution < 1.29 is 27.9 Å². The molecule has 2 N–H and O–H groups in total. The number of carbonyl (C=O) groups excluding carboxylic acids is 2. The van der Waals surface area contributed by atoms with E-state index in [4.69, 9.17) is 4.74 Å². The van der Waals surface area contributed by atoms with Gasteiger partial charge in [0.05, 0.1) is 4.90 Å². The van der Waals surface area contributed by atoms with Gasteiger partial charge < -0.3 is 15.2 Å². The van der Waals surface area contributed by atoms with Gasteiger partial charge in [0.15, 0.2) is 6.61 Å². The second-order valence-electron chi connectivity index (χ2n) is 7.59. The lowest BCUT2D eigenvalue weighted by Crippen LogP contribution is -2.36. The summed E-state index contributed by atoms with van der Waals surface area (Å²) in [6, 6.07) is 9.13. The minimum Gasteiger partial charge on any atom is -0.507 e. The second kappa shape index (κ2) is 9.49. The van der Waals surface area contributed by atoms with Crippen molar-refractivity contribution in [1.82, 2.24) is 4.31 Å². The highest BCUT2D eigenvalue weighted by atomic mass is 32.2. The standard InChI is InChI=1S/C22H26N2O6S/c1-15-6-9-19(25)18(12-15)22(27)30-14-21(26)23-17-8-7-16(2)20(13-17)31(28,29)24-10-4-3-5-11-24/h6-9,12-13,25H,3-5,10-11,14H2,1-2H3,(H,23,26). The molecular formula is C22H26N2O6S. The van der Waals surface area contributed by atoms with Crippen molar-refractivity contribution in [3.05, 3.63) is 53.1 Å². The van der Waals surface area contributed by atoms with E-state index in [-0.39, 0.29) is 16.2 Å². The lowest BCUT2D eigenvalue weighted by Gasteiger charge is -2.26. The van der Waals surface area contributed by atoms with Gasteiger partial charge in [-0.05, 0) is 56.5 Å². The Kier molecular flexibility index (Phi) is 6.97. The first-order chi connectivity index (χ1) is 14.7. The molecule has 1 aliphatic heterocycles. The van der Waals surface area contributed by atoms with Crippen LogP contribution < -0.4 is 5.32 Å². The SMILES string of the molecule is Cc1ccc(O)c(C(=O)OCC(=O)Nc2ccc(C)c(S(=O)(=O)N3CCCCC3)c2)c1. The van der Waals surface area contributed by atoms with E-state index >= 15 is 0 Å². The highest BCUT2D eigenvalue weighted by Crippen LogP contribution is 2.26. The lowest BCUT2D eigenvalue weighted by molar-refractivity contribution is -0.119. The summed E-state index contributed by atoms with van der Waals surface area (Å²) in [4.78, 5) is 24.5. The van der Waals surface area contributed by atoms with E-state index in [0.29, 0.717) is 24.3 Å². The molecule has 1 fully saturated rings. The van der Waals surface area contributed by atoms with Crippen LogP contribution in [0.4, 0.5) is 5.69 Å². The van der Waals surface area contributed by atoms with Gasteiger partial charge in [0.1, 0.15) is 11.3 Å². The van der Waals surface area contributed by atoms with Crippen LogP contribution in [0, 0.1) is 13.8 Å². The number of aromatic hydroxyl groups is 1. The van der Waals surface area contributed by atoms with Gasteiger partial charge in [-0.2, -0.15) is 4.31 Å².